The van der Waals surface area contributed by atoms with E-state index in [9.17, 15) is 14.7 Å². The number of aliphatic hydroxyl groups is 1. The molecule has 1 unspecified atom stereocenters. The molecule has 1 atom stereocenters. The molecule has 0 fully saturated rings. The van der Waals surface area contributed by atoms with Gasteiger partial charge in [0.1, 0.15) is 0 Å². The number of para-hydroxylation sites is 1. The van der Waals surface area contributed by atoms with Crippen molar-refractivity contribution in [3.05, 3.63) is 29.3 Å². The maximum absolute atomic E-state index is 12.3. The summed E-state index contributed by atoms with van der Waals surface area (Å²) in [5.41, 5.74) is -0.162. The monoisotopic (exact) mass is 247 g/mol. The minimum absolute atomic E-state index is 0.168. The van der Waals surface area contributed by atoms with Gasteiger partial charge in [-0.1, -0.05) is 25.5 Å². The zero-order valence-corrected chi connectivity index (χ0v) is 10.6. The molecule has 0 aliphatic carbocycles. The Morgan fingerprint density at radius 3 is 2.72 bits per heavy atom. The number of anilines is 1. The molecule has 1 aromatic rings. The lowest BCUT2D eigenvalue weighted by Crippen LogP contribution is -2.53. The van der Waals surface area contributed by atoms with Crippen LogP contribution in [0.3, 0.4) is 0 Å². The summed E-state index contributed by atoms with van der Waals surface area (Å²) in [7, 11) is 0. The number of hydrogen-bond acceptors (Lipinski definition) is 3. The molecule has 1 amide bonds. The van der Waals surface area contributed by atoms with Crippen LogP contribution in [-0.2, 0) is 4.79 Å². The number of benzene rings is 1. The fourth-order valence-electron chi connectivity index (χ4n) is 2.23. The van der Waals surface area contributed by atoms with Crippen LogP contribution in [0.5, 0.6) is 0 Å². The Bertz CT molecular complexity index is 510. The summed E-state index contributed by atoms with van der Waals surface area (Å²) in [4.78, 5) is 24.3. The predicted octanol–water partition coefficient (Wildman–Crippen LogP) is 2.05. The van der Waals surface area contributed by atoms with E-state index in [0.29, 0.717) is 17.7 Å². The topological polar surface area (TPSA) is 66.4 Å². The normalized spacial score (nSPS) is 22.6. The maximum Gasteiger partial charge on any atom is 0.264 e. The van der Waals surface area contributed by atoms with Gasteiger partial charge in [-0.05, 0) is 31.4 Å². The van der Waals surface area contributed by atoms with Gasteiger partial charge in [-0.15, -0.1) is 0 Å². The molecule has 0 bridgehead atoms. The van der Waals surface area contributed by atoms with Crippen molar-refractivity contribution in [1.29, 1.82) is 0 Å². The number of rotatable bonds is 3. The molecule has 1 aliphatic heterocycles. The van der Waals surface area contributed by atoms with Crippen LogP contribution in [0.4, 0.5) is 5.69 Å². The third-order valence-electron chi connectivity index (χ3n) is 3.40. The highest BCUT2D eigenvalue weighted by molar-refractivity contribution is 6.26. The van der Waals surface area contributed by atoms with Gasteiger partial charge in [-0.3, -0.25) is 9.59 Å². The average Bonchev–Trinajstić information content (AvgIpc) is 2.36. The van der Waals surface area contributed by atoms with E-state index in [4.69, 9.17) is 0 Å². The second-order valence-electron chi connectivity index (χ2n) is 4.74. The zero-order valence-electron chi connectivity index (χ0n) is 10.6. The molecule has 1 aromatic carbocycles. The Morgan fingerprint density at radius 2 is 2.06 bits per heavy atom. The number of fused-ring (bicyclic) bond motifs is 1. The molecule has 18 heavy (non-hydrogen) atoms. The van der Waals surface area contributed by atoms with Crippen molar-refractivity contribution in [2.75, 3.05) is 5.32 Å². The Labute approximate surface area is 106 Å². The molecule has 2 rings (SSSR count). The number of hydrogen-bond donors (Lipinski definition) is 2. The fraction of sp³-hybridized carbons (Fsp3) is 0.429. The summed E-state index contributed by atoms with van der Waals surface area (Å²) in [5.74, 6) is -1.10. The summed E-state index contributed by atoms with van der Waals surface area (Å²) in [6.07, 6.45) is 1.63. The van der Waals surface area contributed by atoms with E-state index < -0.39 is 17.3 Å². The van der Waals surface area contributed by atoms with E-state index in [2.05, 4.69) is 5.32 Å². The van der Waals surface area contributed by atoms with Gasteiger partial charge in [0.25, 0.3) is 5.91 Å². The number of aryl methyl sites for hydroxylation is 1. The largest absolute Gasteiger partial charge is 0.373 e. The van der Waals surface area contributed by atoms with Gasteiger partial charge in [0, 0.05) is 5.56 Å². The van der Waals surface area contributed by atoms with E-state index in [1.807, 2.05) is 19.9 Å². The van der Waals surface area contributed by atoms with Crippen LogP contribution in [0.15, 0.2) is 18.2 Å². The summed E-state index contributed by atoms with van der Waals surface area (Å²) < 4.78 is 0. The first-order valence-corrected chi connectivity index (χ1v) is 6.19. The predicted molar refractivity (Wildman–Crippen MR) is 68.6 cm³/mol. The molecule has 0 saturated heterocycles. The second kappa shape index (κ2) is 4.53. The lowest BCUT2D eigenvalue weighted by molar-refractivity contribution is -0.130. The minimum Gasteiger partial charge on any atom is -0.373 e. The molecule has 0 saturated carbocycles. The lowest BCUT2D eigenvalue weighted by atomic mass is 9.83. The summed E-state index contributed by atoms with van der Waals surface area (Å²) >= 11 is 0. The van der Waals surface area contributed by atoms with Crippen LogP contribution in [0.25, 0.3) is 0 Å². The number of carbonyl (C=O) groups is 2. The zero-order chi connectivity index (χ0) is 13.3. The summed E-state index contributed by atoms with van der Waals surface area (Å²) in [5, 5.41) is 13.0. The van der Waals surface area contributed by atoms with E-state index in [1.54, 1.807) is 12.1 Å². The molecule has 0 spiro atoms. The quantitative estimate of drug-likeness (QED) is 0.803. The smallest absolute Gasteiger partial charge is 0.264 e. The molecule has 1 aliphatic rings. The number of unbranched alkanes of at least 4 members (excludes halogenated alkanes) is 1. The van der Waals surface area contributed by atoms with Gasteiger partial charge in [0.15, 0.2) is 0 Å². The first-order valence-electron chi connectivity index (χ1n) is 6.19. The number of Topliss-reactive ketones (excluding diaryl/α,β-unsaturated/α-hetero) is 1. The van der Waals surface area contributed by atoms with Crippen LogP contribution >= 0.6 is 0 Å². The van der Waals surface area contributed by atoms with E-state index in [1.165, 1.54) is 0 Å². The van der Waals surface area contributed by atoms with Gasteiger partial charge in [-0.2, -0.15) is 0 Å². The van der Waals surface area contributed by atoms with E-state index in [0.717, 1.165) is 12.0 Å². The number of ketones is 1. The molecule has 0 aromatic heterocycles. The SMILES string of the molecule is CCCCC1(O)C(=O)Nc2c(C)cccc2C1=O. The van der Waals surface area contributed by atoms with Gasteiger partial charge >= 0.3 is 0 Å². The van der Waals surface area contributed by atoms with E-state index >= 15 is 0 Å². The van der Waals surface area contributed by atoms with Gasteiger partial charge in [0.2, 0.25) is 11.4 Å². The number of amides is 1. The number of nitrogens with one attached hydrogen (secondary N) is 1. The van der Waals surface area contributed by atoms with Crippen molar-refractivity contribution in [3.8, 4) is 0 Å². The molecule has 0 radical (unpaired) electrons. The Morgan fingerprint density at radius 1 is 1.33 bits per heavy atom. The van der Waals surface area contributed by atoms with Crippen LogP contribution in [0, 0.1) is 6.92 Å². The highest BCUT2D eigenvalue weighted by Gasteiger charge is 2.47. The van der Waals surface area contributed by atoms with Crippen molar-refractivity contribution >= 4 is 17.4 Å². The van der Waals surface area contributed by atoms with Gasteiger partial charge in [-0.25, -0.2) is 0 Å². The van der Waals surface area contributed by atoms with Crippen LogP contribution in [0.2, 0.25) is 0 Å². The third kappa shape index (κ3) is 1.82. The average molecular weight is 247 g/mol. The van der Waals surface area contributed by atoms with Crippen LogP contribution in [-0.4, -0.2) is 22.4 Å². The maximum atomic E-state index is 12.3. The van der Waals surface area contributed by atoms with Gasteiger partial charge < -0.3 is 10.4 Å². The first kappa shape index (κ1) is 12.8. The third-order valence-corrected chi connectivity index (χ3v) is 3.40. The Balaban J connectivity index is 2.45. The van der Waals surface area contributed by atoms with Crippen molar-refractivity contribution in [3.63, 3.8) is 0 Å². The molecule has 1 heterocycles. The highest BCUT2D eigenvalue weighted by atomic mass is 16.3. The summed E-state index contributed by atoms with van der Waals surface area (Å²) in [6, 6.07) is 5.22. The van der Waals surface area contributed by atoms with Crippen LogP contribution < -0.4 is 5.32 Å². The molecule has 96 valence electrons. The Kier molecular flexibility index (Phi) is 3.22. The standard InChI is InChI=1S/C14H17NO3/c1-3-4-8-14(18)12(16)10-7-5-6-9(2)11(10)15-13(14)17/h5-7,18H,3-4,8H2,1-2H3,(H,15,17). The fourth-order valence-corrected chi connectivity index (χ4v) is 2.23. The molecule has 4 nitrogen and oxygen atoms in total. The van der Waals surface area contributed by atoms with Crippen molar-refractivity contribution < 1.29 is 14.7 Å². The molecular formula is C14H17NO3. The number of carbonyl (C=O) groups excluding carboxylic acids is 2. The highest BCUT2D eigenvalue weighted by Crippen LogP contribution is 2.33. The Hall–Kier alpha value is -1.68. The van der Waals surface area contributed by atoms with Crippen molar-refractivity contribution in [2.45, 2.75) is 38.7 Å². The van der Waals surface area contributed by atoms with Crippen LogP contribution in [0.1, 0.15) is 42.1 Å². The molecule has 4 heteroatoms. The molecular weight excluding hydrogens is 230 g/mol. The van der Waals surface area contributed by atoms with Gasteiger partial charge in [0.05, 0.1) is 5.69 Å². The first-order chi connectivity index (χ1) is 8.50. The lowest BCUT2D eigenvalue weighted by Gasteiger charge is -2.31. The summed E-state index contributed by atoms with van der Waals surface area (Å²) in [6.45, 7) is 3.77. The molecule has 2 N–H and O–H groups in total. The minimum atomic E-state index is -1.91. The van der Waals surface area contributed by atoms with E-state index in [-0.39, 0.29) is 6.42 Å². The van der Waals surface area contributed by atoms with Crippen molar-refractivity contribution in [1.82, 2.24) is 0 Å². The van der Waals surface area contributed by atoms with Crippen molar-refractivity contribution in [2.24, 2.45) is 0 Å². The second-order valence-corrected chi connectivity index (χ2v) is 4.74.